The minimum Gasteiger partial charge on any atom is -0.377 e. The first-order valence-electron chi connectivity index (χ1n) is 5.78. The zero-order valence-electron chi connectivity index (χ0n) is 10.3. The molecule has 0 atom stereocenters. The lowest BCUT2D eigenvalue weighted by molar-refractivity contribution is -0.114. The molecule has 1 amide bonds. The second-order valence-electron chi connectivity index (χ2n) is 4.37. The SMILES string of the molecule is CC(C)OCCN1C(=O)C(=O)c2ccc(F)cc21. The molecule has 1 aromatic carbocycles. The third kappa shape index (κ3) is 2.26. The lowest BCUT2D eigenvalue weighted by atomic mass is 10.1. The number of fused-ring (bicyclic) bond motifs is 1. The van der Waals surface area contributed by atoms with Gasteiger partial charge in [0, 0.05) is 6.54 Å². The molecule has 0 unspecified atom stereocenters. The maximum Gasteiger partial charge on any atom is 0.299 e. The Morgan fingerprint density at radius 1 is 1.33 bits per heavy atom. The van der Waals surface area contributed by atoms with Gasteiger partial charge >= 0.3 is 0 Å². The zero-order chi connectivity index (χ0) is 13.3. The number of ketones is 1. The van der Waals surface area contributed by atoms with Gasteiger partial charge in [-0.05, 0) is 32.0 Å². The molecule has 2 rings (SSSR count). The van der Waals surface area contributed by atoms with Crippen molar-refractivity contribution in [3.05, 3.63) is 29.6 Å². The first-order chi connectivity index (χ1) is 8.50. The number of ether oxygens (including phenoxy) is 1. The Morgan fingerprint density at radius 2 is 2.06 bits per heavy atom. The van der Waals surface area contributed by atoms with Crippen molar-refractivity contribution in [3.8, 4) is 0 Å². The number of hydrogen-bond donors (Lipinski definition) is 0. The van der Waals surface area contributed by atoms with Gasteiger partial charge in [0.2, 0.25) is 0 Å². The summed E-state index contributed by atoms with van der Waals surface area (Å²) in [5.74, 6) is -1.68. The first kappa shape index (κ1) is 12.7. The maximum atomic E-state index is 13.2. The fraction of sp³-hybridized carbons (Fsp3) is 0.385. The van der Waals surface area contributed by atoms with Gasteiger partial charge in [-0.2, -0.15) is 0 Å². The summed E-state index contributed by atoms with van der Waals surface area (Å²) >= 11 is 0. The van der Waals surface area contributed by atoms with Crippen LogP contribution in [0.1, 0.15) is 24.2 Å². The monoisotopic (exact) mass is 251 g/mol. The molecule has 0 spiro atoms. The molecular formula is C13H14FNO3. The Labute approximate surface area is 104 Å². The van der Waals surface area contributed by atoms with E-state index in [2.05, 4.69) is 0 Å². The Morgan fingerprint density at radius 3 is 2.72 bits per heavy atom. The summed E-state index contributed by atoms with van der Waals surface area (Å²) in [7, 11) is 0. The Balaban J connectivity index is 2.19. The van der Waals surface area contributed by atoms with Crippen LogP contribution in [0.2, 0.25) is 0 Å². The minimum absolute atomic E-state index is 0.0467. The molecular weight excluding hydrogens is 237 g/mol. The smallest absolute Gasteiger partial charge is 0.299 e. The quantitative estimate of drug-likeness (QED) is 0.766. The summed E-state index contributed by atoms with van der Waals surface area (Å²) in [5, 5.41) is 0. The van der Waals surface area contributed by atoms with Gasteiger partial charge in [0.05, 0.1) is 24.0 Å². The van der Waals surface area contributed by atoms with Crippen LogP contribution in [0, 0.1) is 5.82 Å². The summed E-state index contributed by atoms with van der Waals surface area (Å²) < 4.78 is 18.5. The third-order valence-electron chi connectivity index (χ3n) is 2.70. The highest BCUT2D eigenvalue weighted by atomic mass is 19.1. The van der Waals surface area contributed by atoms with Gasteiger partial charge < -0.3 is 9.64 Å². The van der Waals surface area contributed by atoms with Gasteiger partial charge in [-0.15, -0.1) is 0 Å². The largest absolute Gasteiger partial charge is 0.377 e. The van der Waals surface area contributed by atoms with E-state index in [1.807, 2.05) is 13.8 Å². The van der Waals surface area contributed by atoms with E-state index in [1.54, 1.807) is 0 Å². The van der Waals surface area contributed by atoms with Crippen LogP contribution in [0.15, 0.2) is 18.2 Å². The van der Waals surface area contributed by atoms with Crippen molar-refractivity contribution in [1.29, 1.82) is 0 Å². The molecule has 0 N–H and O–H groups in total. The van der Waals surface area contributed by atoms with Crippen LogP contribution in [0.25, 0.3) is 0 Å². The molecule has 0 aromatic heterocycles. The normalized spacial score (nSPS) is 14.6. The standard InChI is InChI=1S/C13H14FNO3/c1-8(2)18-6-5-15-11-7-9(14)3-4-10(11)12(16)13(15)17/h3-4,7-8H,5-6H2,1-2H3. The predicted octanol–water partition coefficient (Wildman–Crippen LogP) is 1.78. The van der Waals surface area contributed by atoms with Crippen molar-refractivity contribution in [2.24, 2.45) is 0 Å². The van der Waals surface area contributed by atoms with E-state index in [4.69, 9.17) is 4.74 Å². The number of benzene rings is 1. The van der Waals surface area contributed by atoms with E-state index < -0.39 is 17.5 Å². The molecule has 5 heteroatoms. The first-order valence-corrected chi connectivity index (χ1v) is 5.78. The van der Waals surface area contributed by atoms with E-state index in [0.717, 1.165) is 0 Å². The number of hydrogen-bond acceptors (Lipinski definition) is 3. The highest BCUT2D eigenvalue weighted by Gasteiger charge is 2.35. The molecule has 0 aliphatic carbocycles. The molecule has 1 aliphatic heterocycles. The van der Waals surface area contributed by atoms with Crippen LogP contribution in [0.5, 0.6) is 0 Å². The summed E-state index contributed by atoms with van der Waals surface area (Å²) in [6.45, 7) is 4.32. The number of amides is 1. The highest BCUT2D eigenvalue weighted by molar-refractivity contribution is 6.52. The van der Waals surface area contributed by atoms with Crippen molar-refractivity contribution in [3.63, 3.8) is 0 Å². The van der Waals surface area contributed by atoms with Gasteiger partial charge in [-0.1, -0.05) is 0 Å². The number of nitrogens with zero attached hydrogens (tertiary/aromatic N) is 1. The van der Waals surface area contributed by atoms with Crippen LogP contribution >= 0.6 is 0 Å². The molecule has 0 saturated carbocycles. The predicted molar refractivity (Wildman–Crippen MR) is 64.2 cm³/mol. The molecule has 4 nitrogen and oxygen atoms in total. The van der Waals surface area contributed by atoms with Crippen LogP contribution in [0.4, 0.5) is 10.1 Å². The number of anilines is 1. The van der Waals surface area contributed by atoms with E-state index >= 15 is 0 Å². The molecule has 0 radical (unpaired) electrons. The third-order valence-corrected chi connectivity index (χ3v) is 2.70. The number of carbonyl (C=O) groups is 2. The lowest BCUT2D eigenvalue weighted by Gasteiger charge is -2.17. The molecule has 0 bridgehead atoms. The summed E-state index contributed by atoms with van der Waals surface area (Å²) in [5.41, 5.74) is 0.586. The van der Waals surface area contributed by atoms with Crippen molar-refractivity contribution in [1.82, 2.24) is 0 Å². The molecule has 18 heavy (non-hydrogen) atoms. The van der Waals surface area contributed by atoms with Gasteiger partial charge in [-0.3, -0.25) is 9.59 Å². The van der Waals surface area contributed by atoms with Crippen LogP contribution in [-0.4, -0.2) is 30.9 Å². The minimum atomic E-state index is -0.622. The molecule has 0 fully saturated rings. The van der Waals surface area contributed by atoms with Gasteiger partial charge in [0.1, 0.15) is 5.82 Å². The average Bonchev–Trinajstić information content (AvgIpc) is 2.53. The maximum absolute atomic E-state index is 13.2. The van der Waals surface area contributed by atoms with Crippen molar-refractivity contribution >= 4 is 17.4 Å². The fourth-order valence-corrected chi connectivity index (χ4v) is 1.87. The second kappa shape index (κ2) is 4.86. The Bertz CT molecular complexity index is 499. The van der Waals surface area contributed by atoms with E-state index in [-0.39, 0.29) is 18.2 Å². The number of halogens is 1. The van der Waals surface area contributed by atoms with Crippen LogP contribution < -0.4 is 4.90 Å². The molecule has 96 valence electrons. The summed E-state index contributed by atoms with van der Waals surface area (Å²) in [6.07, 6.45) is 0.0467. The number of Topliss-reactive ketones (excluding diaryl/α,β-unsaturated/α-hetero) is 1. The van der Waals surface area contributed by atoms with Gasteiger partial charge in [0.25, 0.3) is 11.7 Å². The van der Waals surface area contributed by atoms with Gasteiger partial charge in [0.15, 0.2) is 0 Å². The topological polar surface area (TPSA) is 46.6 Å². The fourth-order valence-electron chi connectivity index (χ4n) is 1.87. The second-order valence-corrected chi connectivity index (χ2v) is 4.37. The van der Waals surface area contributed by atoms with Crippen molar-refractivity contribution < 1.29 is 18.7 Å². The zero-order valence-corrected chi connectivity index (χ0v) is 10.3. The van der Waals surface area contributed by atoms with E-state index in [9.17, 15) is 14.0 Å². The molecule has 1 aliphatic rings. The van der Waals surface area contributed by atoms with Gasteiger partial charge in [-0.25, -0.2) is 4.39 Å². The molecule has 0 saturated heterocycles. The Hall–Kier alpha value is -1.75. The summed E-state index contributed by atoms with van der Waals surface area (Å²) in [4.78, 5) is 24.7. The highest BCUT2D eigenvalue weighted by Crippen LogP contribution is 2.29. The van der Waals surface area contributed by atoms with E-state index in [1.165, 1.54) is 23.1 Å². The van der Waals surface area contributed by atoms with Crippen LogP contribution in [-0.2, 0) is 9.53 Å². The number of carbonyl (C=O) groups excluding carboxylic acids is 2. The molecule has 1 heterocycles. The number of rotatable bonds is 4. The Kier molecular flexibility index (Phi) is 3.43. The molecule has 1 aromatic rings. The van der Waals surface area contributed by atoms with Crippen LogP contribution in [0.3, 0.4) is 0 Å². The lowest BCUT2D eigenvalue weighted by Crippen LogP contribution is -2.33. The van der Waals surface area contributed by atoms with E-state index in [0.29, 0.717) is 12.3 Å². The summed E-state index contributed by atoms with van der Waals surface area (Å²) in [6, 6.07) is 3.72. The average molecular weight is 251 g/mol. The van der Waals surface area contributed by atoms with Crippen molar-refractivity contribution in [2.45, 2.75) is 20.0 Å². The van der Waals surface area contributed by atoms with Crippen molar-refractivity contribution in [2.75, 3.05) is 18.1 Å².